The second-order valence-electron chi connectivity index (χ2n) is 4.04. The van der Waals surface area contributed by atoms with Crippen molar-refractivity contribution in [3.8, 4) is 0 Å². The highest BCUT2D eigenvalue weighted by atomic mass is 127. The lowest BCUT2D eigenvalue weighted by molar-refractivity contribution is -0.384. The molecule has 2 rings (SSSR count). The normalized spacial score (nSPS) is 10.2. The summed E-state index contributed by atoms with van der Waals surface area (Å²) in [6.07, 6.45) is 0. The molecule has 2 aromatic carbocycles. The van der Waals surface area contributed by atoms with Crippen molar-refractivity contribution in [1.82, 2.24) is 0 Å². The number of benzene rings is 2. The van der Waals surface area contributed by atoms with Crippen LogP contribution >= 0.6 is 22.6 Å². The van der Waals surface area contributed by atoms with E-state index in [9.17, 15) is 19.3 Å². The van der Waals surface area contributed by atoms with Gasteiger partial charge in [0.15, 0.2) is 0 Å². The van der Waals surface area contributed by atoms with Gasteiger partial charge in [-0.3, -0.25) is 10.1 Å². The first-order chi connectivity index (χ1) is 9.88. The number of non-ortho nitro benzene ring substituents is 1. The monoisotopic (exact) mass is 402 g/mol. The van der Waals surface area contributed by atoms with Gasteiger partial charge in [-0.05, 0) is 46.9 Å². The number of anilines is 2. The molecule has 21 heavy (non-hydrogen) atoms. The third-order valence-electron chi connectivity index (χ3n) is 2.64. The standard InChI is InChI=1S/C13H8FIN2O4/c14-7-1-4-11(10(15)5-7)16-12-6-8(17(20)21)2-3-9(12)13(18)19/h1-6,16H,(H,18,19). The molecular formula is C13H8FIN2O4. The quantitative estimate of drug-likeness (QED) is 0.462. The zero-order valence-electron chi connectivity index (χ0n) is 10.3. The number of nitrogens with one attached hydrogen (secondary N) is 1. The molecule has 8 heteroatoms. The maximum Gasteiger partial charge on any atom is 0.337 e. The molecule has 0 radical (unpaired) electrons. The van der Waals surface area contributed by atoms with Crippen LogP contribution in [0.5, 0.6) is 0 Å². The van der Waals surface area contributed by atoms with Crippen LogP contribution in [-0.2, 0) is 0 Å². The van der Waals surface area contributed by atoms with Crippen molar-refractivity contribution in [2.45, 2.75) is 0 Å². The average molecular weight is 402 g/mol. The second kappa shape index (κ2) is 6.04. The van der Waals surface area contributed by atoms with Crippen LogP contribution in [0.1, 0.15) is 10.4 Å². The van der Waals surface area contributed by atoms with Gasteiger partial charge in [0.2, 0.25) is 0 Å². The van der Waals surface area contributed by atoms with Gasteiger partial charge in [-0.2, -0.15) is 0 Å². The molecule has 0 spiro atoms. The number of carboxylic acid groups (broad SMARTS) is 1. The number of aromatic carboxylic acids is 1. The van der Waals surface area contributed by atoms with Crippen molar-refractivity contribution < 1.29 is 19.2 Å². The molecule has 2 N–H and O–H groups in total. The third-order valence-corrected chi connectivity index (χ3v) is 3.54. The Morgan fingerprint density at radius 2 is 1.95 bits per heavy atom. The van der Waals surface area contributed by atoms with Crippen molar-refractivity contribution in [3.05, 3.63) is 61.5 Å². The van der Waals surface area contributed by atoms with Crippen molar-refractivity contribution in [3.63, 3.8) is 0 Å². The van der Waals surface area contributed by atoms with E-state index in [1.807, 2.05) is 22.6 Å². The molecule has 0 unspecified atom stereocenters. The lowest BCUT2D eigenvalue weighted by atomic mass is 10.1. The molecule has 0 aliphatic heterocycles. The largest absolute Gasteiger partial charge is 0.478 e. The van der Waals surface area contributed by atoms with E-state index in [1.165, 1.54) is 18.2 Å². The first kappa shape index (κ1) is 15.2. The van der Waals surface area contributed by atoms with E-state index in [2.05, 4.69) is 5.32 Å². The van der Waals surface area contributed by atoms with E-state index in [-0.39, 0.29) is 16.9 Å². The van der Waals surface area contributed by atoms with Crippen LogP contribution in [0.3, 0.4) is 0 Å². The predicted octanol–water partition coefficient (Wildman–Crippen LogP) is 3.78. The minimum atomic E-state index is -1.22. The summed E-state index contributed by atoms with van der Waals surface area (Å²) in [6, 6.07) is 7.30. The van der Waals surface area contributed by atoms with Gasteiger partial charge in [0, 0.05) is 15.7 Å². The number of nitrogens with zero attached hydrogens (tertiary/aromatic N) is 1. The summed E-state index contributed by atoms with van der Waals surface area (Å²) in [4.78, 5) is 21.3. The summed E-state index contributed by atoms with van der Waals surface area (Å²) >= 11 is 1.88. The lowest BCUT2D eigenvalue weighted by Crippen LogP contribution is -2.04. The Morgan fingerprint density at radius 1 is 1.24 bits per heavy atom. The maximum atomic E-state index is 13.0. The fraction of sp³-hybridized carbons (Fsp3) is 0. The van der Waals surface area contributed by atoms with Crippen LogP contribution in [0.15, 0.2) is 36.4 Å². The third kappa shape index (κ3) is 3.45. The van der Waals surface area contributed by atoms with E-state index in [0.29, 0.717) is 9.26 Å². The van der Waals surface area contributed by atoms with Crippen molar-refractivity contribution in [1.29, 1.82) is 0 Å². The van der Waals surface area contributed by atoms with E-state index >= 15 is 0 Å². The Balaban J connectivity index is 2.48. The topological polar surface area (TPSA) is 92.5 Å². The van der Waals surface area contributed by atoms with Gasteiger partial charge in [0.05, 0.1) is 21.9 Å². The fourth-order valence-electron chi connectivity index (χ4n) is 1.67. The number of nitro groups is 1. The van der Waals surface area contributed by atoms with Crippen molar-refractivity contribution in [2.75, 3.05) is 5.32 Å². The molecule has 0 amide bonds. The Kier molecular flexibility index (Phi) is 4.36. The first-order valence-electron chi connectivity index (χ1n) is 5.62. The summed E-state index contributed by atoms with van der Waals surface area (Å²) in [7, 11) is 0. The SMILES string of the molecule is O=C(O)c1ccc([N+](=O)[O-])cc1Nc1ccc(F)cc1I. The van der Waals surface area contributed by atoms with Gasteiger partial charge in [-0.1, -0.05) is 0 Å². The van der Waals surface area contributed by atoms with Crippen LogP contribution in [0.4, 0.5) is 21.5 Å². The molecule has 0 saturated heterocycles. The van der Waals surface area contributed by atoms with Gasteiger partial charge in [0.1, 0.15) is 5.82 Å². The first-order valence-corrected chi connectivity index (χ1v) is 6.70. The van der Waals surface area contributed by atoms with Crippen molar-refractivity contribution >= 4 is 45.6 Å². The Labute approximate surface area is 131 Å². The molecule has 0 aliphatic rings. The van der Waals surface area contributed by atoms with E-state index in [4.69, 9.17) is 5.11 Å². The smallest absolute Gasteiger partial charge is 0.337 e. The number of hydrogen-bond acceptors (Lipinski definition) is 4. The zero-order chi connectivity index (χ0) is 15.6. The van der Waals surface area contributed by atoms with Gasteiger partial charge >= 0.3 is 5.97 Å². The van der Waals surface area contributed by atoms with Gasteiger partial charge < -0.3 is 10.4 Å². The fourth-order valence-corrected chi connectivity index (χ4v) is 2.28. The molecule has 0 aromatic heterocycles. The predicted molar refractivity (Wildman–Crippen MR) is 82.5 cm³/mol. The molecule has 2 aromatic rings. The molecule has 0 heterocycles. The van der Waals surface area contributed by atoms with Crippen LogP contribution in [0.25, 0.3) is 0 Å². The zero-order valence-corrected chi connectivity index (χ0v) is 12.5. The molecule has 0 saturated carbocycles. The van der Waals surface area contributed by atoms with Crippen molar-refractivity contribution in [2.24, 2.45) is 0 Å². The average Bonchev–Trinajstić information content (AvgIpc) is 2.41. The van der Waals surface area contributed by atoms with Crippen LogP contribution in [-0.4, -0.2) is 16.0 Å². The van der Waals surface area contributed by atoms with Crippen LogP contribution in [0.2, 0.25) is 0 Å². The summed E-state index contributed by atoms with van der Waals surface area (Å²) < 4.78 is 13.6. The Morgan fingerprint density at radius 3 is 2.52 bits per heavy atom. The summed E-state index contributed by atoms with van der Waals surface area (Å²) in [5.41, 5.74) is 0.182. The Bertz CT molecular complexity index is 736. The molecule has 0 atom stereocenters. The molecule has 6 nitrogen and oxygen atoms in total. The highest BCUT2D eigenvalue weighted by Crippen LogP contribution is 2.28. The minimum Gasteiger partial charge on any atom is -0.478 e. The number of rotatable bonds is 4. The Hall–Kier alpha value is -2.23. The van der Waals surface area contributed by atoms with E-state index < -0.39 is 16.7 Å². The molecule has 0 aliphatic carbocycles. The molecule has 108 valence electrons. The number of carboxylic acids is 1. The second-order valence-corrected chi connectivity index (χ2v) is 5.20. The van der Waals surface area contributed by atoms with Crippen LogP contribution in [0, 0.1) is 19.5 Å². The summed E-state index contributed by atoms with van der Waals surface area (Å²) in [5.74, 6) is -1.65. The van der Waals surface area contributed by atoms with Gasteiger partial charge in [-0.15, -0.1) is 0 Å². The summed E-state index contributed by atoms with van der Waals surface area (Å²) in [5, 5.41) is 22.7. The number of nitro benzene ring substituents is 1. The minimum absolute atomic E-state index is 0.0706. The van der Waals surface area contributed by atoms with Gasteiger partial charge in [-0.25, -0.2) is 9.18 Å². The number of hydrogen-bond donors (Lipinski definition) is 2. The number of carbonyl (C=O) groups is 1. The van der Waals surface area contributed by atoms with E-state index in [0.717, 1.165) is 18.2 Å². The van der Waals surface area contributed by atoms with Crippen LogP contribution < -0.4 is 5.32 Å². The molecule has 0 fully saturated rings. The molecular weight excluding hydrogens is 394 g/mol. The lowest BCUT2D eigenvalue weighted by Gasteiger charge is -2.11. The number of halogens is 2. The maximum absolute atomic E-state index is 13.0. The van der Waals surface area contributed by atoms with Gasteiger partial charge in [0.25, 0.3) is 5.69 Å². The highest BCUT2D eigenvalue weighted by Gasteiger charge is 2.16. The molecule has 0 bridgehead atoms. The van der Waals surface area contributed by atoms with E-state index in [1.54, 1.807) is 0 Å². The summed E-state index contributed by atoms with van der Waals surface area (Å²) in [6.45, 7) is 0. The highest BCUT2D eigenvalue weighted by molar-refractivity contribution is 14.1.